The third-order valence-electron chi connectivity index (χ3n) is 6.89. The van der Waals surface area contributed by atoms with Crippen LogP contribution in [0.5, 0.6) is 5.75 Å². The first-order valence-electron chi connectivity index (χ1n) is 14.3. The van der Waals surface area contributed by atoms with Crippen molar-refractivity contribution < 1.29 is 27.4 Å². The van der Waals surface area contributed by atoms with Crippen molar-refractivity contribution in [2.75, 3.05) is 31.6 Å². The Labute approximate surface area is 260 Å². The molecule has 1 aliphatic heterocycles. The number of alkyl halides is 3. The van der Waals surface area contributed by atoms with E-state index in [0.717, 1.165) is 29.1 Å². The average Bonchev–Trinajstić information content (AvgIpc) is 3.41. The van der Waals surface area contributed by atoms with Crippen LogP contribution in [-0.2, 0) is 22.9 Å². The lowest BCUT2D eigenvalue weighted by atomic mass is 9.92. The summed E-state index contributed by atoms with van der Waals surface area (Å²) in [5.41, 5.74) is 6.99. The molecule has 2 amide bonds. The number of urea groups is 1. The summed E-state index contributed by atoms with van der Waals surface area (Å²) in [5, 5.41) is 10.1. The molecule has 0 aliphatic carbocycles. The predicted molar refractivity (Wildman–Crippen MR) is 167 cm³/mol. The number of carbonyl (C=O) groups is 1. The first-order valence-corrected chi connectivity index (χ1v) is 14.3. The second-order valence-corrected chi connectivity index (χ2v) is 11.5. The summed E-state index contributed by atoms with van der Waals surface area (Å²) in [6.07, 6.45) is -2.05. The van der Waals surface area contributed by atoms with Gasteiger partial charge in [0.25, 0.3) is 0 Å². The standard InChI is InChI=1S/C32H38F3N7O3/c1-21-6-9-25(10-7-21)42-28(19-27(40-42)31(3,4)5)39-30(43)37-20-23-18-24(32(33,34)35)8-11-26(23)45-29(12-13-36)38-22(2)41-14-16-44-17-15-41/h6-13,18-19H,2,14-17,20,36H2,1,3-5H3,(H2,37,39,43)/b13-12-,38-29?. The Morgan fingerprint density at radius 3 is 2.44 bits per heavy atom. The van der Waals surface area contributed by atoms with Crippen LogP contribution in [0.1, 0.15) is 43.2 Å². The maximum absolute atomic E-state index is 13.6. The maximum atomic E-state index is 13.6. The molecule has 45 heavy (non-hydrogen) atoms. The van der Waals surface area contributed by atoms with Gasteiger partial charge in [0, 0.05) is 42.8 Å². The monoisotopic (exact) mass is 625 g/mol. The highest BCUT2D eigenvalue weighted by atomic mass is 19.4. The Balaban J connectivity index is 1.57. The number of halogens is 3. The van der Waals surface area contributed by atoms with Crippen molar-refractivity contribution in [2.24, 2.45) is 10.7 Å². The van der Waals surface area contributed by atoms with Gasteiger partial charge in [-0.2, -0.15) is 23.3 Å². The molecule has 3 aromatic rings. The van der Waals surface area contributed by atoms with Crippen LogP contribution in [-0.4, -0.2) is 52.9 Å². The smallest absolute Gasteiger partial charge is 0.416 e. The van der Waals surface area contributed by atoms with Crippen molar-refractivity contribution in [3.05, 3.63) is 95.6 Å². The summed E-state index contributed by atoms with van der Waals surface area (Å²) in [6, 6.07) is 11.7. The van der Waals surface area contributed by atoms with E-state index >= 15 is 0 Å². The van der Waals surface area contributed by atoms with E-state index in [0.29, 0.717) is 37.9 Å². The molecule has 4 rings (SSSR count). The van der Waals surface area contributed by atoms with Gasteiger partial charge in [0.1, 0.15) is 17.4 Å². The van der Waals surface area contributed by atoms with Crippen molar-refractivity contribution in [1.82, 2.24) is 20.0 Å². The average molecular weight is 626 g/mol. The highest BCUT2D eigenvalue weighted by Crippen LogP contribution is 2.33. The molecule has 0 atom stereocenters. The minimum absolute atomic E-state index is 0.0103. The van der Waals surface area contributed by atoms with E-state index in [2.05, 4.69) is 22.2 Å². The number of benzene rings is 2. The molecule has 240 valence electrons. The van der Waals surface area contributed by atoms with E-state index in [1.807, 2.05) is 56.9 Å². The van der Waals surface area contributed by atoms with Crippen LogP contribution in [0, 0.1) is 6.92 Å². The lowest BCUT2D eigenvalue weighted by Crippen LogP contribution is -2.35. The highest BCUT2D eigenvalue weighted by Gasteiger charge is 2.31. The molecule has 1 aliphatic rings. The van der Waals surface area contributed by atoms with Crippen molar-refractivity contribution in [1.29, 1.82) is 0 Å². The van der Waals surface area contributed by atoms with E-state index in [4.69, 9.17) is 20.3 Å². The van der Waals surface area contributed by atoms with Gasteiger partial charge in [-0.05, 0) is 43.5 Å². The number of hydrogen-bond donors (Lipinski definition) is 3. The molecule has 2 heterocycles. The molecule has 13 heteroatoms. The summed E-state index contributed by atoms with van der Waals surface area (Å²) >= 11 is 0. The Kier molecular flexibility index (Phi) is 10.2. The molecule has 1 saturated heterocycles. The molecule has 2 aromatic carbocycles. The molecular formula is C32H38F3N7O3. The number of ether oxygens (including phenoxy) is 2. The van der Waals surface area contributed by atoms with Crippen LogP contribution in [0.3, 0.4) is 0 Å². The van der Waals surface area contributed by atoms with Crippen LogP contribution in [0.15, 0.2) is 78.2 Å². The fourth-order valence-electron chi connectivity index (χ4n) is 4.36. The van der Waals surface area contributed by atoms with Gasteiger partial charge in [0.2, 0.25) is 5.90 Å². The number of rotatable bonds is 8. The molecule has 10 nitrogen and oxygen atoms in total. The maximum Gasteiger partial charge on any atom is 0.416 e. The van der Waals surface area contributed by atoms with Crippen molar-refractivity contribution in [3.63, 3.8) is 0 Å². The zero-order valence-electron chi connectivity index (χ0n) is 25.7. The van der Waals surface area contributed by atoms with Gasteiger partial charge in [-0.15, -0.1) is 0 Å². The summed E-state index contributed by atoms with van der Waals surface area (Å²) in [7, 11) is 0. The largest absolute Gasteiger partial charge is 0.439 e. The van der Waals surface area contributed by atoms with Gasteiger partial charge in [-0.3, -0.25) is 5.32 Å². The quantitative estimate of drug-likeness (QED) is 0.213. The molecule has 0 saturated carbocycles. The van der Waals surface area contributed by atoms with Crippen LogP contribution in [0.25, 0.3) is 5.69 Å². The van der Waals surface area contributed by atoms with Crippen LogP contribution in [0.4, 0.5) is 23.8 Å². The van der Waals surface area contributed by atoms with E-state index in [1.165, 1.54) is 18.3 Å². The number of hydrogen-bond acceptors (Lipinski definition) is 7. The summed E-state index contributed by atoms with van der Waals surface area (Å²) in [4.78, 5) is 19.4. The third kappa shape index (κ3) is 8.88. The van der Waals surface area contributed by atoms with Gasteiger partial charge < -0.3 is 25.4 Å². The fourth-order valence-corrected chi connectivity index (χ4v) is 4.36. The number of aliphatic imine (C=N–C) groups is 1. The molecule has 0 spiro atoms. The first kappa shape index (κ1) is 33.1. The van der Waals surface area contributed by atoms with Gasteiger partial charge in [0.05, 0.1) is 30.2 Å². The van der Waals surface area contributed by atoms with Crippen LogP contribution in [0.2, 0.25) is 0 Å². The Morgan fingerprint density at radius 2 is 1.82 bits per heavy atom. The zero-order valence-corrected chi connectivity index (χ0v) is 25.7. The van der Waals surface area contributed by atoms with Gasteiger partial charge >= 0.3 is 12.2 Å². The highest BCUT2D eigenvalue weighted by molar-refractivity contribution is 5.90. The number of amides is 2. The molecule has 0 unspecified atom stereocenters. The number of aryl methyl sites for hydroxylation is 1. The number of anilines is 1. The summed E-state index contributed by atoms with van der Waals surface area (Å²) in [5.74, 6) is 0.842. The van der Waals surface area contributed by atoms with Crippen LogP contribution < -0.4 is 21.1 Å². The van der Waals surface area contributed by atoms with Gasteiger partial charge in [0.15, 0.2) is 0 Å². The topological polar surface area (TPSA) is 119 Å². The first-order chi connectivity index (χ1) is 21.2. The Hall–Kier alpha value is -4.78. The van der Waals surface area contributed by atoms with Crippen molar-refractivity contribution in [2.45, 2.75) is 45.8 Å². The number of aromatic nitrogens is 2. The number of nitrogens with one attached hydrogen (secondary N) is 2. The summed E-state index contributed by atoms with van der Waals surface area (Å²) < 4.78 is 53.8. The normalized spacial score (nSPS) is 14.5. The molecule has 0 radical (unpaired) electrons. The van der Waals surface area contributed by atoms with E-state index in [1.54, 1.807) is 10.7 Å². The van der Waals surface area contributed by atoms with E-state index in [-0.39, 0.29) is 29.2 Å². The minimum atomic E-state index is -4.61. The second kappa shape index (κ2) is 13.9. The SMILES string of the molecule is C=C(N=C(/C=C\N)Oc1ccc(C(F)(F)F)cc1CNC(=O)Nc1cc(C(C)(C)C)nn1-c1ccc(C)cc1)N1CCOCC1. The number of nitrogens with zero attached hydrogens (tertiary/aromatic N) is 4. The summed E-state index contributed by atoms with van der Waals surface area (Å²) in [6.45, 7) is 13.8. The van der Waals surface area contributed by atoms with Crippen LogP contribution >= 0.6 is 0 Å². The van der Waals surface area contributed by atoms with E-state index < -0.39 is 17.8 Å². The van der Waals surface area contributed by atoms with Crippen molar-refractivity contribution >= 4 is 17.7 Å². The Morgan fingerprint density at radius 1 is 1.13 bits per heavy atom. The number of nitrogens with two attached hydrogens (primary N) is 1. The zero-order chi connectivity index (χ0) is 32.8. The molecular weight excluding hydrogens is 587 g/mol. The molecule has 1 fully saturated rings. The van der Waals surface area contributed by atoms with E-state index in [9.17, 15) is 18.0 Å². The molecule has 4 N–H and O–H groups in total. The fraction of sp³-hybridized carbons (Fsp3) is 0.344. The second-order valence-electron chi connectivity index (χ2n) is 11.5. The number of carbonyl (C=O) groups excluding carboxylic acids is 1. The minimum Gasteiger partial charge on any atom is -0.439 e. The van der Waals surface area contributed by atoms with Gasteiger partial charge in [-0.25, -0.2) is 9.48 Å². The number of morpholine rings is 1. The third-order valence-corrected chi connectivity index (χ3v) is 6.89. The predicted octanol–water partition coefficient (Wildman–Crippen LogP) is 5.87. The molecule has 1 aromatic heterocycles. The van der Waals surface area contributed by atoms with Crippen molar-refractivity contribution in [3.8, 4) is 11.4 Å². The molecule has 0 bridgehead atoms. The lowest BCUT2D eigenvalue weighted by Gasteiger charge is -2.28. The lowest BCUT2D eigenvalue weighted by molar-refractivity contribution is -0.137. The Bertz CT molecular complexity index is 1570. The van der Waals surface area contributed by atoms with Gasteiger partial charge in [-0.1, -0.05) is 45.0 Å².